The molecule has 0 radical (unpaired) electrons. The lowest BCUT2D eigenvalue weighted by molar-refractivity contribution is -0.133. The molecule has 1 fully saturated rings. The number of imide groups is 1. The average Bonchev–Trinajstić information content (AvgIpc) is 2.87. The molecule has 0 bridgehead atoms. The van der Waals surface area contributed by atoms with Crippen molar-refractivity contribution in [3.05, 3.63) is 59.1 Å². The van der Waals surface area contributed by atoms with Crippen LogP contribution in [-0.2, 0) is 15.1 Å². The summed E-state index contributed by atoms with van der Waals surface area (Å²) in [4.78, 5) is 38.3. The van der Waals surface area contributed by atoms with Gasteiger partial charge in [-0.1, -0.05) is 41.9 Å². The largest absolute Gasteiger partial charge is 0.433 e. The van der Waals surface area contributed by atoms with E-state index in [0.717, 1.165) is 4.90 Å². The van der Waals surface area contributed by atoms with Crippen LogP contribution in [-0.4, -0.2) is 35.9 Å². The predicted molar refractivity (Wildman–Crippen MR) is 101 cm³/mol. The summed E-state index contributed by atoms with van der Waals surface area (Å²) >= 11 is 6.15. The molecule has 3 rings (SSSR count). The topological polar surface area (TPSA) is 87.7 Å². The summed E-state index contributed by atoms with van der Waals surface area (Å²) in [6.07, 6.45) is 0. The Morgan fingerprint density at radius 2 is 1.86 bits per heavy atom. The highest BCUT2D eigenvalue weighted by molar-refractivity contribution is 6.32. The first-order valence-electron chi connectivity index (χ1n) is 8.45. The van der Waals surface area contributed by atoms with E-state index in [1.165, 1.54) is 31.2 Å². The van der Waals surface area contributed by atoms with Crippen LogP contribution in [0, 0.1) is 0 Å². The van der Waals surface area contributed by atoms with E-state index < -0.39 is 36.5 Å². The maximum Gasteiger partial charge on any atom is 0.387 e. The maximum atomic E-state index is 12.9. The van der Waals surface area contributed by atoms with Crippen LogP contribution in [0.1, 0.15) is 12.5 Å². The first-order valence-corrected chi connectivity index (χ1v) is 8.83. The zero-order valence-electron chi connectivity index (χ0n) is 15.1. The third-order valence-electron chi connectivity index (χ3n) is 4.37. The van der Waals surface area contributed by atoms with E-state index in [4.69, 9.17) is 11.6 Å². The Kier molecular flexibility index (Phi) is 5.69. The van der Waals surface area contributed by atoms with Crippen molar-refractivity contribution < 1.29 is 27.9 Å². The molecule has 1 heterocycles. The van der Waals surface area contributed by atoms with Gasteiger partial charge in [-0.2, -0.15) is 8.78 Å². The summed E-state index contributed by atoms with van der Waals surface area (Å²) in [7, 11) is 0. The highest BCUT2D eigenvalue weighted by atomic mass is 35.5. The molecular formula is C19H16ClF2N3O4. The Morgan fingerprint density at radius 1 is 1.21 bits per heavy atom. The van der Waals surface area contributed by atoms with Gasteiger partial charge in [0.15, 0.2) is 0 Å². The van der Waals surface area contributed by atoms with E-state index in [0.29, 0.717) is 5.56 Å². The van der Waals surface area contributed by atoms with Crippen molar-refractivity contribution in [3.63, 3.8) is 0 Å². The van der Waals surface area contributed by atoms with E-state index in [1.54, 1.807) is 24.3 Å². The number of ether oxygens (including phenoxy) is 1. The minimum atomic E-state index is -3.07. The van der Waals surface area contributed by atoms with E-state index >= 15 is 0 Å². The molecule has 10 heteroatoms. The quantitative estimate of drug-likeness (QED) is 0.697. The number of alkyl halides is 2. The van der Waals surface area contributed by atoms with Gasteiger partial charge in [0.1, 0.15) is 17.8 Å². The molecule has 2 aromatic rings. The smallest absolute Gasteiger partial charge is 0.387 e. The molecule has 2 aromatic carbocycles. The first-order chi connectivity index (χ1) is 13.7. The van der Waals surface area contributed by atoms with Crippen LogP contribution >= 0.6 is 11.6 Å². The van der Waals surface area contributed by atoms with Crippen LogP contribution in [0.3, 0.4) is 0 Å². The number of amides is 4. The molecule has 1 atom stereocenters. The Morgan fingerprint density at radius 3 is 2.55 bits per heavy atom. The number of carbonyl (C=O) groups is 3. The number of urea groups is 1. The molecule has 1 saturated heterocycles. The van der Waals surface area contributed by atoms with Crippen molar-refractivity contribution in [2.24, 2.45) is 0 Å². The second-order valence-electron chi connectivity index (χ2n) is 6.35. The second kappa shape index (κ2) is 8.04. The van der Waals surface area contributed by atoms with Crippen molar-refractivity contribution in [2.45, 2.75) is 19.1 Å². The zero-order valence-corrected chi connectivity index (χ0v) is 15.9. The third kappa shape index (κ3) is 4.14. The van der Waals surface area contributed by atoms with E-state index in [2.05, 4.69) is 15.4 Å². The number of rotatable bonds is 6. The standard InChI is InChI=1S/C19H16ClF2N3O4/c1-19(11-6-2-3-7-12(11)20)16(27)25(18(28)24-19)10-15(26)23-13-8-4-5-9-14(13)29-17(21)22/h2-9,17H,10H2,1H3,(H,23,26)(H,24,28). The van der Waals surface area contributed by atoms with Gasteiger partial charge in [0.25, 0.3) is 5.91 Å². The lowest BCUT2D eigenvalue weighted by Gasteiger charge is -2.23. The Hall–Kier alpha value is -3.20. The lowest BCUT2D eigenvalue weighted by atomic mass is 9.92. The van der Waals surface area contributed by atoms with Gasteiger partial charge in [-0.3, -0.25) is 14.5 Å². The first kappa shape index (κ1) is 20.5. The number of para-hydroxylation sites is 2. The number of benzene rings is 2. The molecule has 152 valence electrons. The van der Waals surface area contributed by atoms with Gasteiger partial charge in [0.05, 0.1) is 5.69 Å². The molecule has 0 aromatic heterocycles. The van der Waals surface area contributed by atoms with Crippen molar-refractivity contribution in [1.82, 2.24) is 10.2 Å². The molecule has 0 spiro atoms. The highest BCUT2D eigenvalue weighted by Gasteiger charge is 2.50. The van der Waals surface area contributed by atoms with Gasteiger partial charge in [-0.05, 0) is 25.1 Å². The van der Waals surface area contributed by atoms with Crippen molar-refractivity contribution in [2.75, 3.05) is 11.9 Å². The summed E-state index contributed by atoms with van der Waals surface area (Å²) in [6, 6.07) is 11.3. The Labute approximate surface area is 169 Å². The predicted octanol–water partition coefficient (Wildman–Crippen LogP) is 3.35. The van der Waals surface area contributed by atoms with Crippen molar-refractivity contribution >= 4 is 35.1 Å². The van der Waals surface area contributed by atoms with Crippen LogP contribution in [0.15, 0.2) is 48.5 Å². The van der Waals surface area contributed by atoms with Crippen molar-refractivity contribution in [3.8, 4) is 5.75 Å². The van der Waals surface area contributed by atoms with Gasteiger partial charge >= 0.3 is 12.6 Å². The number of nitrogens with zero attached hydrogens (tertiary/aromatic N) is 1. The second-order valence-corrected chi connectivity index (χ2v) is 6.76. The molecule has 1 aliphatic rings. The van der Waals surface area contributed by atoms with Crippen LogP contribution in [0.25, 0.3) is 0 Å². The van der Waals surface area contributed by atoms with Crippen LogP contribution in [0.2, 0.25) is 5.02 Å². The molecule has 0 aliphatic carbocycles. The monoisotopic (exact) mass is 423 g/mol. The fourth-order valence-corrected chi connectivity index (χ4v) is 3.32. The third-order valence-corrected chi connectivity index (χ3v) is 4.70. The normalized spacial score (nSPS) is 18.7. The Balaban J connectivity index is 1.76. The fraction of sp³-hybridized carbons (Fsp3) is 0.211. The molecule has 29 heavy (non-hydrogen) atoms. The average molecular weight is 424 g/mol. The molecule has 7 nitrogen and oxygen atoms in total. The van der Waals surface area contributed by atoms with E-state index in [1.807, 2.05) is 0 Å². The molecular weight excluding hydrogens is 408 g/mol. The number of hydrogen-bond donors (Lipinski definition) is 2. The van der Waals surface area contributed by atoms with Crippen LogP contribution in [0.5, 0.6) is 5.75 Å². The van der Waals surface area contributed by atoms with Crippen LogP contribution in [0.4, 0.5) is 19.3 Å². The maximum absolute atomic E-state index is 12.9. The number of anilines is 1. The Bertz CT molecular complexity index is 972. The fourth-order valence-electron chi connectivity index (χ4n) is 2.99. The molecule has 2 N–H and O–H groups in total. The molecule has 1 unspecified atom stereocenters. The number of carbonyl (C=O) groups excluding carboxylic acids is 3. The summed E-state index contributed by atoms with van der Waals surface area (Å²) in [5.74, 6) is -1.67. The highest BCUT2D eigenvalue weighted by Crippen LogP contribution is 2.33. The van der Waals surface area contributed by atoms with Crippen molar-refractivity contribution in [1.29, 1.82) is 0 Å². The zero-order chi connectivity index (χ0) is 21.2. The minimum Gasteiger partial charge on any atom is -0.433 e. The van der Waals surface area contributed by atoms with Gasteiger partial charge in [0.2, 0.25) is 5.91 Å². The number of hydrogen-bond acceptors (Lipinski definition) is 4. The van der Waals surface area contributed by atoms with E-state index in [-0.39, 0.29) is 16.5 Å². The number of nitrogens with one attached hydrogen (secondary N) is 2. The summed E-state index contributed by atoms with van der Waals surface area (Å²) in [5, 5.41) is 5.19. The molecule has 0 saturated carbocycles. The molecule has 4 amide bonds. The van der Waals surface area contributed by atoms with Gasteiger partial charge < -0.3 is 15.4 Å². The van der Waals surface area contributed by atoms with Crippen LogP contribution < -0.4 is 15.4 Å². The van der Waals surface area contributed by atoms with Gasteiger partial charge in [-0.25, -0.2) is 4.79 Å². The van der Waals surface area contributed by atoms with Gasteiger partial charge in [0, 0.05) is 10.6 Å². The summed E-state index contributed by atoms with van der Waals surface area (Å²) in [6.45, 7) is -2.21. The number of halogens is 3. The SMILES string of the molecule is CC1(c2ccccc2Cl)NC(=O)N(CC(=O)Nc2ccccc2OC(F)F)C1=O. The minimum absolute atomic E-state index is 0.0151. The lowest BCUT2D eigenvalue weighted by Crippen LogP contribution is -2.42. The van der Waals surface area contributed by atoms with E-state index in [9.17, 15) is 23.2 Å². The summed E-state index contributed by atoms with van der Waals surface area (Å²) in [5.41, 5.74) is -1.07. The summed E-state index contributed by atoms with van der Waals surface area (Å²) < 4.78 is 29.3. The molecule has 1 aliphatic heterocycles. The van der Waals surface area contributed by atoms with Gasteiger partial charge in [-0.15, -0.1) is 0 Å².